The van der Waals surface area contributed by atoms with Crippen molar-refractivity contribution in [2.45, 2.75) is 25.0 Å². The zero-order valence-electron chi connectivity index (χ0n) is 14.2. The summed E-state index contributed by atoms with van der Waals surface area (Å²) in [6.45, 7) is 2.77. The van der Waals surface area contributed by atoms with Crippen LogP contribution in [-0.4, -0.2) is 26.4 Å². The molecule has 1 amide bonds. The number of carbonyl (C=O) groups is 1. The lowest BCUT2D eigenvalue weighted by Crippen LogP contribution is -2.15. The van der Waals surface area contributed by atoms with Gasteiger partial charge in [-0.3, -0.25) is 9.36 Å². The number of carbonyl (C=O) groups excluding carboxylic acids is 1. The van der Waals surface area contributed by atoms with E-state index in [0.717, 1.165) is 6.42 Å². The number of nitrogens with zero attached hydrogens (tertiary/aromatic N) is 3. The summed E-state index contributed by atoms with van der Waals surface area (Å²) in [5.41, 5.74) is 0.406. The van der Waals surface area contributed by atoms with Crippen LogP contribution >= 0.6 is 46.6 Å². The number of benzene rings is 1. The van der Waals surface area contributed by atoms with E-state index in [1.165, 1.54) is 23.9 Å². The Hall–Kier alpha value is -1.67. The van der Waals surface area contributed by atoms with Gasteiger partial charge in [0.05, 0.1) is 32.8 Å². The summed E-state index contributed by atoms with van der Waals surface area (Å²) in [6, 6.07) is 6.62. The molecule has 3 aromatic rings. The molecule has 0 spiro atoms. The first-order valence-corrected chi connectivity index (χ1v) is 10.2. The number of amides is 1. The maximum Gasteiger partial charge on any atom is 0.234 e. The van der Waals surface area contributed by atoms with Crippen molar-refractivity contribution in [1.82, 2.24) is 14.8 Å². The Morgan fingerprint density at radius 2 is 2.00 bits per heavy atom. The van der Waals surface area contributed by atoms with Gasteiger partial charge in [0.25, 0.3) is 0 Å². The first-order chi connectivity index (χ1) is 13.0. The van der Waals surface area contributed by atoms with Crippen molar-refractivity contribution in [3.05, 3.63) is 45.6 Å². The Labute approximate surface area is 175 Å². The van der Waals surface area contributed by atoms with Crippen LogP contribution in [0.25, 0.3) is 11.6 Å². The van der Waals surface area contributed by atoms with Crippen LogP contribution in [0.4, 0.5) is 5.69 Å². The smallest absolute Gasteiger partial charge is 0.234 e. The molecule has 0 atom stereocenters. The van der Waals surface area contributed by atoms with Gasteiger partial charge in [-0.25, -0.2) is 0 Å². The average Bonchev–Trinajstić information content (AvgIpc) is 3.28. The second kappa shape index (κ2) is 9.01. The van der Waals surface area contributed by atoms with E-state index < -0.39 is 0 Å². The molecule has 6 nitrogen and oxygen atoms in total. The quantitative estimate of drug-likeness (QED) is 0.376. The third-order valence-corrected chi connectivity index (χ3v) is 5.52. The van der Waals surface area contributed by atoms with Crippen molar-refractivity contribution in [3.63, 3.8) is 0 Å². The number of anilines is 1. The fraction of sp³-hybridized carbons (Fsp3) is 0.235. The predicted octanol–water partition coefficient (Wildman–Crippen LogP) is 5.64. The van der Waals surface area contributed by atoms with Crippen LogP contribution in [0.15, 0.2) is 40.1 Å². The van der Waals surface area contributed by atoms with Gasteiger partial charge in [0.1, 0.15) is 0 Å². The van der Waals surface area contributed by atoms with Crippen molar-refractivity contribution < 1.29 is 9.21 Å². The number of hydrogen-bond donors (Lipinski definition) is 1. The fourth-order valence-corrected chi connectivity index (χ4v) is 3.70. The van der Waals surface area contributed by atoms with Gasteiger partial charge in [0.2, 0.25) is 5.91 Å². The summed E-state index contributed by atoms with van der Waals surface area (Å²) in [5.74, 6) is 1.16. The molecular weight excluding hydrogens is 431 g/mol. The first kappa shape index (κ1) is 20.1. The monoisotopic (exact) mass is 444 g/mol. The lowest BCUT2D eigenvalue weighted by molar-refractivity contribution is -0.113. The van der Waals surface area contributed by atoms with Gasteiger partial charge in [-0.05, 0) is 30.7 Å². The third kappa shape index (κ3) is 4.79. The molecule has 1 N–H and O–H groups in total. The van der Waals surface area contributed by atoms with Crippen molar-refractivity contribution in [2.75, 3.05) is 11.1 Å². The lowest BCUT2D eigenvalue weighted by Gasteiger charge is -2.09. The maximum atomic E-state index is 12.3. The molecule has 0 saturated carbocycles. The highest BCUT2D eigenvalue weighted by molar-refractivity contribution is 7.99. The molecule has 2 heterocycles. The minimum absolute atomic E-state index is 0.135. The van der Waals surface area contributed by atoms with Crippen LogP contribution < -0.4 is 5.32 Å². The van der Waals surface area contributed by atoms with Gasteiger partial charge < -0.3 is 9.73 Å². The van der Waals surface area contributed by atoms with Gasteiger partial charge in [0.15, 0.2) is 16.7 Å². The summed E-state index contributed by atoms with van der Waals surface area (Å²) in [4.78, 5) is 12.3. The molecule has 27 heavy (non-hydrogen) atoms. The summed E-state index contributed by atoms with van der Waals surface area (Å²) in [5, 5.41) is 12.7. The van der Waals surface area contributed by atoms with Crippen LogP contribution in [-0.2, 0) is 11.3 Å². The molecule has 142 valence electrons. The number of furan rings is 1. The van der Waals surface area contributed by atoms with Crippen molar-refractivity contribution in [3.8, 4) is 11.6 Å². The highest BCUT2D eigenvalue weighted by Crippen LogP contribution is 2.32. The Morgan fingerprint density at radius 1 is 1.22 bits per heavy atom. The average molecular weight is 446 g/mol. The molecule has 0 aliphatic rings. The van der Waals surface area contributed by atoms with Crippen LogP contribution in [0.1, 0.15) is 13.3 Å². The van der Waals surface area contributed by atoms with E-state index in [1.807, 2.05) is 10.6 Å². The van der Waals surface area contributed by atoms with Gasteiger partial charge >= 0.3 is 0 Å². The topological polar surface area (TPSA) is 73.0 Å². The number of thioether (sulfide) groups is 1. The van der Waals surface area contributed by atoms with Gasteiger partial charge in [-0.2, -0.15) is 0 Å². The molecular formula is C17H15Cl3N4O2S. The first-order valence-electron chi connectivity index (χ1n) is 8.04. The van der Waals surface area contributed by atoms with E-state index >= 15 is 0 Å². The summed E-state index contributed by atoms with van der Waals surface area (Å²) in [6.07, 6.45) is 2.48. The molecule has 0 fully saturated rings. The van der Waals surface area contributed by atoms with E-state index in [9.17, 15) is 4.79 Å². The predicted molar refractivity (Wildman–Crippen MR) is 109 cm³/mol. The molecule has 0 radical (unpaired) electrons. The highest BCUT2D eigenvalue weighted by Gasteiger charge is 2.17. The van der Waals surface area contributed by atoms with Crippen LogP contribution in [0.2, 0.25) is 15.1 Å². The molecule has 0 aliphatic carbocycles. The molecule has 0 unspecified atom stereocenters. The number of halogens is 3. The summed E-state index contributed by atoms with van der Waals surface area (Å²) >= 11 is 19.2. The highest BCUT2D eigenvalue weighted by atomic mass is 35.5. The molecule has 0 saturated heterocycles. The molecule has 1 aromatic carbocycles. The normalized spacial score (nSPS) is 11.0. The van der Waals surface area contributed by atoms with E-state index in [0.29, 0.717) is 44.0 Å². The second-order valence-corrected chi connectivity index (χ2v) is 7.68. The van der Waals surface area contributed by atoms with E-state index in [1.54, 1.807) is 12.3 Å². The zero-order chi connectivity index (χ0) is 19.4. The minimum atomic E-state index is -0.245. The Balaban J connectivity index is 1.70. The minimum Gasteiger partial charge on any atom is -0.461 e. The SMILES string of the molecule is CCCn1c(SCC(=O)Nc2cc(Cl)c(Cl)cc2Cl)nnc1-c1ccco1. The zero-order valence-corrected chi connectivity index (χ0v) is 17.3. The maximum absolute atomic E-state index is 12.3. The van der Waals surface area contributed by atoms with E-state index in [-0.39, 0.29) is 11.7 Å². The van der Waals surface area contributed by atoms with E-state index in [4.69, 9.17) is 39.2 Å². The Kier molecular flexibility index (Phi) is 6.70. The van der Waals surface area contributed by atoms with Crippen molar-refractivity contribution >= 4 is 58.2 Å². The van der Waals surface area contributed by atoms with Crippen molar-refractivity contribution in [1.29, 1.82) is 0 Å². The van der Waals surface area contributed by atoms with Gasteiger partial charge in [0, 0.05) is 6.54 Å². The molecule has 0 aliphatic heterocycles. The van der Waals surface area contributed by atoms with Crippen LogP contribution in [0.3, 0.4) is 0 Å². The Bertz CT molecular complexity index is 944. The second-order valence-electron chi connectivity index (χ2n) is 5.52. The van der Waals surface area contributed by atoms with E-state index in [2.05, 4.69) is 22.4 Å². The number of rotatable bonds is 7. The molecule has 2 aromatic heterocycles. The van der Waals surface area contributed by atoms with Gasteiger partial charge in [-0.1, -0.05) is 53.5 Å². The third-order valence-electron chi connectivity index (χ3n) is 3.52. The van der Waals surface area contributed by atoms with Gasteiger partial charge in [-0.15, -0.1) is 10.2 Å². The number of hydrogen-bond acceptors (Lipinski definition) is 5. The van der Waals surface area contributed by atoms with Crippen molar-refractivity contribution in [2.24, 2.45) is 0 Å². The number of nitrogens with one attached hydrogen (secondary N) is 1. The standard InChI is InChI=1S/C17H15Cl3N4O2S/c1-2-5-24-16(14-4-3-6-26-14)22-23-17(24)27-9-15(25)21-13-8-11(19)10(18)7-12(13)20/h3-4,6-8H,2,5,9H2,1H3,(H,21,25). The van der Waals surface area contributed by atoms with Crippen LogP contribution in [0.5, 0.6) is 0 Å². The fourth-order valence-electron chi connectivity index (χ4n) is 2.34. The lowest BCUT2D eigenvalue weighted by atomic mass is 10.3. The summed E-state index contributed by atoms with van der Waals surface area (Å²) in [7, 11) is 0. The largest absolute Gasteiger partial charge is 0.461 e. The molecule has 0 bridgehead atoms. The van der Waals surface area contributed by atoms with Crippen LogP contribution in [0, 0.1) is 0 Å². The summed E-state index contributed by atoms with van der Waals surface area (Å²) < 4.78 is 7.34. The Morgan fingerprint density at radius 3 is 2.70 bits per heavy atom. The molecule has 3 rings (SSSR count). The number of aromatic nitrogens is 3. The molecule has 10 heteroatoms.